The summed E-state index contributed by atoms with van der Waals surface area (Å²) in [6.45, 7) is 0.803. The highest BCUT2D eigenvalue weighted by Crippen LogP contribution is 2.09. The van der Waals surface area contributed by atoms with Crippen LogP contribution in [0.5, 0.6) is 0 Å². The van der Waals surface area contributed by atoms with Gasteiger partial charge in [0.1, 0.15) is 0 Å². The fourth-order valence-corrected chi connectivity index (χ4v) is 1.62. The number of hydrogen-bond acceptors (Lipinski definition) is 4. The van der Waals surface area contributed by atoms with Crippen LogP contribution in [0.15, 0.2) is 29.7 Å². The molecule has 17 heavy (non-hydrogen) atoms. The zero-order valence-electron chi connectivity index (χ0n) is 9.20. The number of aryl methyl sites for hydroxylation is 1. The molecule has 0 saturated carbocycles. The monoisotopic (exact) mass is 257 g/mol. The van der Waals surface area contributed by atoms with Gasteiger partial charge in [-0.25, -0.2) is 9.59 Å². The number of hydrogen-bond donors (Lipinski definition) is 3. The Balaban J connectivity index is 0.000000304. The van der Waals surface area contributed by atoms with Gasteiger partial charge in [0.25, 0.3) is 0 Å². The average molecular weight is 257 g/mol. The number of carboxylic acids is 2. The predicted octanol–water partition coefficient (Wildman–Crippen LogP) is 1.35. The molecule has 0 saturated heterocycles. The van der Waals surface area contributed by atoms with E-state index in [-0.39, 0.29) is 0 Å². The van der Waals surface area contributed by atoms with E-state index in [4.69, 9.17) is 15.9 Å². The van der Waals surface area contributed by atoms with Crippen LogP contribution in [0, 0.1) is 0 Å². The minimum absolute atomic E-state index is 0.558. The van der Waals surface area contributed by atoms with E-state index >= 15 is 0 Å². The van der Waals surface area contributed by atoms with Gasteiger partial charge in [0, 0.05) is 17.0 Å². The van der Waals surface area contributed by atoms with Gasteiger partial charge >= 0.3 is 11.9 Å². The van der Waals surface area contributed by atoms with Gasteiger partial charge < -0.3 is 15.9 Å². The van der Waals surface area contributed by atoms with Gasteiger partial charge in [0.15, 0.2) is 0 Å². The Bertz CT molecular complexity index is 344. The SMILES string of the molecule is NCCCc1cccs1.O=C(O)C=CC(=O)O. The molecule has 6 heteroatoms. The summed E-state index contributed by atoms with van der Waals surface area (Å²) >= 11 is 1.81. The number of carboxylic acid groups (broad SMARTS) is 2. The minimum Gasteiger partial charge on any atom is -0.478 e. The quantitative estimate of drug-likeness (QED) is 0.691. The highest BCUT2D eigenvalue weighted by atomic mass is 32.1. The molecule has 0 fully saturated rings. The van der Waals surface area contributed by atoms with Crippen LogP contribution in [0.1, 0.15) is 11.3 Å². The largest absolute Gasteiger partial charge is 0.478 e. The van der Waals surface area contributed by atoms with Crippen molar-refractivity contribution >= 4 is 23.3 Å². The van der Waals surface area contributed by atoms with Gasteiger partial charge in [0.05, 0.1) is 0 Å². The van der Waals surface area contributed by atoms with Crippen LogP contribution in [0.3, 0.4) is 0 Å². The molecule has 1 heterocycles. The molecule has 0 aliphatic rings. The fraction of sp³-hybridized carbons (Fsp3) is 0.273. The van der Waals surface area contributed by atoms with Crippen LogP contribution in [0.25, 0.3) is 0 Å². The highest BCUT2D eigenvalue weighted by molar-refractivity contribution is 7.09. The maximum atomic E-state index is 9.55. The van der Waals surface area contributed by atoms with Crippen molar-refractivity contribution in [2.45, 2.75) is 12.8 Å². The van der Waals surface area contributed by atoms with E-state index in [1.165, 1.54) is 4.88 Å². The zero-order chi connectivity index (χ0) is 13.1. The summed E-state index contributed by atoms with van der Waals surface area (Å²) in [4.78, 5) is 20.6. The third-order valence-corrected chi connectivity index (χ3v) is 2.51. The number of nitrogens with two attached hydrogens (primary N) is 1. The third kappa shape index (κ3) is 10.6. The van der Waals surface area contributed by atoms with Crippen LogP contribution in [0.4, 0.5) is 0 Å². The van der Waals surface area contributed by atoms with E-state index < -0.39 is 11.9 Å². The first-order chi connectivity index (χ1) is 8.06. The van der Waals surface area contributed by atoms with Gasteiger partial charge in [-0.05, 0) is 30.8 Å². The molecule has 0 aliphatic heterocycles. The van der Waals surface area contributed by atoms with Crippen molar-refractivity contribution in [2.75, 3.05) is 6.54 Å². The summed E-state index contributed by atoms with van der Waals surface area (Å²) in [5, 5.41) is 17.7. The fourth-order valence-electron chi connectivity index (χ4n) is 0.874. The van der Waals surface area contributed by atoms with Crippen LogP contribution in [0.2, 0.25) is 0 Å². The second-order valence-electron chi connectivity index (χ2n) is 2.98. The Morgan fingerprint density at radius 3 is 2.24 bits per heavy atom. The van der Waals surface area contributed by atoms with Crippen molar-refractivity contribution < 1.29 is 19.8 Å². The summed E-state index contributed by atoms with van der Waals surface area (Å²) < 4.78 is 0. The van der Waals surface area contributed by atoms with Gasteiger partial charge in [-0.3, -0.25) is 0 Å². The predicted molar refractivity (Wildman–Crippen MR) is 66.1 cm³/mol. The van der Waals surface area contributed by atoms with Gasteiger partial charge in [0.2, 0.25) is 0 Å². The lowest BCUT2D eigenvalue weighted by Gasteiger charge is -1.90. The molecule has 0 spiro atoms. The molecule has 0 aliphatic carbocycles. The lowest BCUT2D eigenvalue weighted by Crippen LogP contribution is -1.98. The highest BCUT2D eigenvalue weighted by Gasteiger charge is 1.89. The summed E-state index contributed by atoms with van der Waals surface area (Å²) in [7, 11) is 0. The lowest BCUT2D eigenvalue weighted by molar-refractivity contribution is -0.134. The van der Waals surface area contributed by atoms with E-state index in [0.29, 0.717) is 12.2 Å². The van der Waals surface area contributed by atoms with Crippen LogP contribution in [-0.2, 0) is 16.0 Å². The second-order valence-corrected chi connectivity index (χ2v) is 4.01. The van der Waals surface area contributed by atoms with E-state index in [1.54, 1.807) is 0 Å². The van der Waals surface area contributed by atoms with Crippen molar-refractivity contribution in [1.82, 2.24) is 0 Å². The molecule has 0 radical (unpaired) electrons. The molecule has 4 N–H and O–H groups in total. The number of thiophene rings is 1. The molecule has 94 valence electrons. The Kier molecular flexibility index (Phi) is 8.62. The molecular weight excluding hydrogens is 242 g/mol. The number of rotatable bonds is 5. The molecular formula is C11H15NO4S. The second kappa shape index (κ2) is 9.56. The third-order valence-electron chi connectivity index (χ3n) is 1.58. The Labute approximate surface area is 103 Å². The maximum absolute atomic E-state index is 9.55. The zero-order valence-corrected chi connectivity index (χ0v) is 10.0. The summed E-state index contributed by atoms with van der Waals surface area (Å²) in [6.07, 6.45) is 3.37. The summed E-state index contributed by atoms with van der Waals surface area (Å²) in [5.74, 6) is -2.51. The smallest absolute Gasteiger partial charge is 0.328 e. The average Bonchev–Trinajstić information content (AvgIpc) is 2.77. The van der Waals surface area contributed by atoms with Crippen LogP contribution in [-0.4, -0.2) is 28.7 Å². The first kappa shape index (κ1) is 15.3. The maximum Gasteiger partial charge on any atom is 0.328 e. The Hall–Kier alpha value is -1.66. The summed E-state index contributed by atoms with van der Waals surface area (Å²) in [5.41, 5.74) is 5.35. The first-order valence-electron chi connectivity index (χ1n) is 4.92. The molecule has 5 nitrogen and oxygen atoms in total. The number of aliphatic carboxylic acids is 2. The van der Waals surface area contributed by atoms with E-state index in [1.807, 2.05) is 11.3 Å². The van der Waals surface area contributed by atoms with Crippen molar-refractivity contribution in [1.29, 1.82) is 0 Å². The van der Waals surface area contributed by atoms with Crippen LogP contribution >= 0.6 is 11.3 Å². The van der Waals surface area contributed by atoms with Crippen molar-refractivity contribution in [2.24, 2.45) is 5.73 Å². The van der Waals surface area contributed by atoms with E-state index in [0.717, 1.165) is 19.4 Å². The topological polar surface area (TPSA) is 101 Å². The molecule has 0 aromatic carbocycles. The Morgan fingerprint density at radius 2 is 1.88 bits per heavy atom. The van der Waals surface area contributed by atoms with Gasteiger partial charge in [-0.15, -0.1) is 11.3 Å². The van der Waals surface area contributed by atoms with Crippen LogP contribution < -0.4 is 5.73 Å². The number of carbonyl (C=O) groups is 2. The van der Waals surface area contributed by atoms with Crippen molar-refractivity contribution in [3.05, 3.63) is 34.5 Å². The minimum atomic E-state index is -1.26. The van der Waals surface area contributed by atoms with Crippen molar-refractivity contribution in [3.63, 3.8) is 0 Å². The van der Waals surface area contributed by atoms with Gasteiger partial charge in [-0.1, -0.05) is 6.07 Å². The van der Waals surface area contributed by atoms with E-state index in [2.05, 4.69) is 17.5 Å². The van der Waals surface area contributed by atoms with Crippen molar-refractivity contribution in [3.8, 4) is 0 Å². The molecule has 1 aromatic rings. The normalized spacial score (nSPS) is 9.71. The first-order valence-corrected chi connectivity index (χ1v) is 5.80. The molecule has 1 aromatic heterocycles. The molecule has 0 unspecified atom stereocenters. The molecule has 0 bridgehead atoms. The lowest BCUT2D eigenvalue weighted by atomic mass is 10.3. The molecule has 0 atom stereocenters. The standard InChI is InChI=1S/C7H11NS.C4H4O4/c8-5-1-3-7-4-2-6-9-7;5-3(6)1-2-4(7)8/h2,4,6H,1,3,5,8H2;1-2H,(H,5,6)(H,7,8). The summed E-state index contributed by atoms with van der Waals surface area (Å²) in [6, 6.07) is 4.23. The Morgan fingerprint density at radius 1 is 1.29 bits per heavy atom. The molecule has 0 amide bonds. The molecule has 1 rings (SSSR count). The van der Waals surface area contributed by atoms with E-state index in [9.17, 15) is 9.59 Å². The van der Waals surface area contributed by atoms with Gasteiger partial charge in [-0.2, -0.15) is 0 Å².